The van der Waals surface area contributed by atoms with Gasteiger partial charge in [0.2, 0.25) is 0 Å². The summed E-state index contributed by atoms with van der Waals surface area (Å²) >= 11 is 0. The van der Waals surface area contributed by atoms with Crippen LogP contribution in [0.15, 0.2) is 77.0 Å². The Hall–Kier alpha value is -3.80. The van der Waals surface area contributed by atoms with Gasteiger partial charge in [-0.1, -0.05) is 44.2 Å². The zero-order valence-electron chi connectivity index (χ0n) is 19.4. The number of ether oxygens (including phenoxy) is 1. The first kappa shape index (κ1) is 23.9. The van der Waals surface area contributed by atoms with Crippen LogP contribution < -0.4 is 15.4 Å². The number of methoxy groups -OCH3 is 1. The van der Waals surface area contributed by atoms with Crippen LogP contribution in [-0.2, 0) is 4.79 Å². The quantitative estimate of drug-likeness (QED) is 0.439. The van der Waals surface area contributed by atoms with E-state index in [1.54, 1.807) is 31.4 Å². The summed E-state index contributed by atoms with van der Waals surface area (Å²) in [6.45, 7) is 6.05. The lowest BCUT2D eigenvalue weighted by atomic mass is 9.96. The summed E-state index contributed by atoms with van der Waals surface area (Å²) in [5, 5.41) is 5.85. The highest BCUT2D eigenvalue weighted by Gasteiger charge is 2.21. The fourth-order valence-corrected chi connectivity index (χ4v) is 3.51. The molecule has 2 amide bonds. The third kappa shape index (κ3) is 6.59. The number of rotatable bonds is 9. The Morgan fingerprint density at radius 2 is 1.76 bits per heavy atom. The van der Waals surface area contributed by atoms with Crippen LogP contribution in [0.4, 0.5) is 0 Å². The van der Waals surface area contributed by atoms with E-state index in [4.69, 9.17) is 9.15 Å². The molecule has 33 heavy (non-hydrogen) atoms. The topological polar surface area (TPSA) is 80.6 Å². The minimum absolute atomic E-state index is 0.112. The molecular weight excluding hydrogens is 416 g/mol. The molecule has 2 N–H and O–H groups in total. The van der Waals surface area contributed by atoms with Gasteiger partial charge in [0.1, 0.15) is 17.2 Å². The van der Waals surface area contributed by atoms with Gasteiger partial charge in [-0.25, -0.2) is 0 Å². The third-order valence-corrected chi connectivity index (χ3v) is 5.24. The van der Waals surface area contributed by atoms with E-state index >= 15 is 0 Å². The molecule has 172 valence electrons. The molecule has 0 unspecified atom stereocenters. The second-order valence-electron chi connectivity index (χ2n) is 8.27. The number of carbonyl (C=O) groups is 2. The van der Waals surface area contributed by atoms with Gasteiger partial charge in [-0.15, -0.1) is 0 Å². The molecule has 0 aliphatic carbocycles. The summed E-state index contributed by atoms with van der Waals surface area (Å²) in [5.41, 5.74) is 2.40. The van der Waals surface area contributed by atoms with Crippen LogP contribution in [0, 0.1) is 12.8 Å². The molecule has 1 atom stereocenters. The largest absolute Gasteiger partial charge is 0.497 e. The Morgan fingerprint density at radius 1 is 1.03 bits per heavy atom. The second kappa shape index (κ2) is 11.2. The van der Waals surface area contributed by atoms with E-state index < -0.39 is 5.91 Å². The highest BCUT2D eigenvalue weighted by molar-refractivity contribution is 6.05. The average Bonchev–Trinajstić information content (AvgIpc) is 3.31. The highest BCUT2D eigenvalue weighted by atomic mass is 16.5. The van der Waals surface area contributed by atoms with E-state index in [2.05, 4.69) is 24.5 Å². The maximum absolute atomic E-state index is 13.3. The molecule has 0 bridgehead atoms. The van der Waals surface area contributed by atoms with Gasteiger partial charge < -0.3 is 19.8 Å². The minimum Gasteiger partial charge on any atom is -0.497 e. The van der Waals surface area contributed by atoms with Crippen LogP contribution in [0.3, 0.4) is 0 Å². The predicted octanol–water partition coefficient (Wildman–Crippen LogP) is 5.27. The molecule has 0 radical (unpaired) electrons. The zero-order chi connectivity index (χ0) is 23.8. The zero-order valence-corrected chi connectivity index (χ0v) is 19.4. The van der Waals surface area contributed by atoms with Gasteiger partial charge >= 0.3 is 0 Å². The van der Waals surface area contributed by atoms with E-state index in [9.17, 15) is 9.59 Å². The molecule has 6 heteroatoms. The number of aryl methyl sites for hydroxylation is 1. The van der Waals surface area contributed by atoms with Crippen LogP contribution in [-0.4, -0.2) is 18.9 Å². The second-order valence-corrected chi connectivity index (χ2v) is 8.27. The normalized spacial score (nSPS) is 12.3. The summed E-state index contributed by atoms with van der Waals surface area (Å²) in [6.07, 6.45) is 3.78. The number of hydrogen-bond donors (Lipinski definition) is 2. The fourth-order valence-electron chi connectivity index (χ4n) is 3.51. The summed E-state index contributed by atoms with van der Waals surface area (Å²) in [6, 6.07) is 18.1. The van der Waals surface area contributed by atoms with E-state index in [0.29, 0.717) is 17.2 Å². The lowest BCUT2D eigenvalue weighted by Gasteiger charge is -2.22. The first-order chi connectivity index (χ1) is 15.9. The van der Waals surface area contributed by atoms with E-state index in [1.165, 1.54) is 12.3 Å². The van der Waals surface area contributed by atoms with Crippen molar-refractivity contribution in [3.63, 3.8) is 0 Å². The number of hydrogen-bond acceptors (Lipinski definition) is 4. The molecule has 1 aromatic heterocycles. The molecule has 2 aromatic carbocycles. The van der Waals surface area contributed by atoms with Gasteiger partial charge in [0.25, 0.3) is 11.8 Å². The molecule has 0 saturated heterocycles. The Labute approximate surface area is 194 Å². The van der Waals surface area contributed by atoms with Gasteiger partial charge in [-0.05, 0) is 60.7 Å². The summed E-state index contributed by atoms with van der Waals surface area (Å²) in [7, 11) is 1.62. The molecule has 6 nitrogen and oxygen atoms in total. The predicted molar refractivity (Wildman–Crippen MR) is 129 cm³/mol. The number of furan rings is 1. The Morgan fingerprint density at radius 3 is 2.36 bits per heavy atom. The van der Waals surface area contributed by atoms with Crippen LogP contribution >= 0.6 is 0 Å². The van der Waals surface area contributed by atoms with Gasteiger partial charge in [-0.2, -0.15) is 0 Å². The summed E-state index contributed by atoms with van der Waals surface area (Å²) in [4.78, 5) is 26.3. The SMILES string of the molecule is COc1ccc([C@@H](CC(C)C)NC(=O)/C(=C/c2ccco2)NC(=O)c2ccccc2C)cc1. The Kier molecular flexibility index (Phi) is 8.08. The van der Waals surface area contributed by atoms with Crippen molar-refractivity contribution in [2.24, 2.45) is 5.92 Å². The molecule has 3 aromatic rings. The van der Waals surface area contributed by atoms with Crippen LogP contribution in [0.5, 0.6) is 5.75 Å². The first-order valence-corrected chi connectivity index (χ1v) is 10.9. The van der Waals surface area contributed by atoms with Crippen LogP contribution in [0.25, 0.3) is 6.08 Å². The van der Waals surface area contributed by atoms with Gasteiger partial charge in [0.05, 0.1) is 19.4 Å². The highest BCUT2D eigenvalue weighted by Crippen LogP contribution is 2.24. The third-order valence-electron chi connectivity index (χ3n) is 5.24. The van der Waals surface area contributed by atoms with Crippen molar-refractivity contribution in [2.45, 2.75) is 33.2 Å². The Balaban J connectivity index is 1.87. The van der Waals surface area contributed by atoms with E-state index in [1.807, 2.05) is 43.3 Å². The fraction of sp³-hybridized carbons (Fsp3) is 0.259. The number of amides is 2. The molecule has 3 rings (SSSR count). The van der Waals surface area contributed by atoms with E-state index in [0.717, 1.165) is 23.3 Å². The number of nitrogens with one attached hydrogen (secondary N) is 2. The standard InChI is InChI=1S/C27H30N2O4/c1-18(2)16-24(20-11-13-21(32-4)14-12-20)28-27(31)25(17-22-9-7-15-33-22)29-26(30)23-10-6-5-8-19(23)3/h5-15,17-18,24H,16H2,1-4H3,(H,28,31)(H,29,30)/b25-17-/t24-/m1/s1. The number of benzene rings is 2. The maximum atomic E-state index is 13.3. The van der Waals surface area contributed by atoms with Crippen molar-refractivity contribution in [1.82, 2.24) is 10.6 Å². The molecule has 0 aliphatic rings. The van der Waals surface area contributed by atoms with Gasteiger partial charge in [0, 0.05) is 11.6 Å². The summed E-state index contributed by atoms with van der Waals surface area (Å²) in [5.74, 6) is 0.810. The minimum atomic E-state index is -0.394. The average molecular weight is 447 g/mol. The molecule has 1 heterocycles. The van der Waals surface area contributed by atoms with Gasteiger partial charge in [0.15, 0.2) is 0 Å². The van der Waals surface area contributed by atoms with Crippen molar-refractivity contribution in [2.75, 3.05) is 7.11 Å². The van der Waals surface area contributed by atoms with Crippen LogP contribution in [0.2, 0.25) is 0 Å². The monoisotopic (exact) mass is 446 g/mol. The van der Waals surface area contributed by atoms with Crippen molar-refractivity contribution >= 4 is 17.9 Å². The van der Waals surface area contributed by atoms with Gasteiger partial charge in [-0.3, -0.25) is 9.59 Å². The molecule has 0 fully saturated rings. The molecule has 0 saturated carbocycles. The number of carbonyl (C=O) groups excluding carboxylic acids is 2. The molecular formula is C27H30N2O4. The van der Waals surface area contributed by atoms with Crippen molar-refractivity contribution < 1.29 is 18.7 Å². The van der Waals surface area contributed by atoms with Crippen molar-refractivity contribution in [1.29, 1.82) is 0 Å². The maximum Gasteiger partial charge on any atom is 0.268 e. The van der Waals surface area contributed by atoms with Crippen LogP contribution in [0.1, 0.15) is 53.6 Å². The summed E-state index contributed by atoms with van der Waals surface area (Å²) < 4.78 is 10.6. The molecule has 0 aliphatic heterocycles. The first-order valence-electron chi connectivity index (χ1n) is 10.9. The molecule has 0 spiro atoms. The van der Waals surface area contributed by atoms with Crippen molar-refractivity contribution in [3.05, 3.63) is 95.1 Å². The smallest absolute Gasteiger partial charge is 0.268 e. The Bertz CT molecular complexity index is 1100. The lowest BCUT2D eigenvalue weighted by Crippen LogP contribution is -2.37. The lowest BCUT2D eigenvalue weighted by molar-refractivity contribution is -0.118. The van der Waals surface area contributed by atoms with E-state index in [-0.39, 0.29) is 17.6 Å². The van der Waals surface area contributed by atoms with Crippen molar-refractivity contribution in [3.8, 4) is 5.75 Å².